The molecule has 0 bridgehead atoms. The first kappa shape index (κ1) is 16.1. The summed E-state index contributed by atoms with van der Waals surface area (Å²) in [5.41, 5.74) is 0.815. The predicted octanol–water partition coefficient (Wildman–Crippen LogP) is 2.29. The van der Waals surface area contributed by atoms with Crippen LogP contribution in [0.2, 0.25) is 0 Å². The number of hydrogen-bond acceptors (Lipinski definition) is 4. The number of ether oxygens (including phenoxy) is 1. The van der Waals surface area contributed by atoms with Crippen molar-refractivity contribution in [2.75, 3.05) is 31.7 Å². The molecule has 1 aliphatic rings. The molecule has 1 saturated heterocycles. The lowest BCUT2D eigenvalue weighted by molar-refractivity contribution is -0.143. The maximum absolute atomic E-state index is 11.5. The van der Waals surface area contributed by atoms with Crippen molar-refractivity contribution in [3.05, 3.63) is 29.8 Å². The third-order valence-corrected chi connectivity index (χ3v) is 4.02. The molecule has 19 heavy (non-hydrogen) atoms. The SMILES string of the molecule is COc1ccc(C(C(=O)O)N2CCSCC2)cc1.Cl. The first-order chi connectivity index (χ1) is 8.72. The monoisotopic (exact) mass is 303 g/mol. The first-order valence-electron chi connectivity index (χ1n) is 5.91. The summed E-state index contributed by atoms with van der Waals surface area (Å²) in [5, 5.41) is 9.43. The van der Waals surface area contributed by atoms with Crippen LogP contribution >= 0.6 is 24.2 Å². The van der Waals surface area contributed by atoms with E-state index in [9.17, 15) is 9.90 Å². The van der Waals surface area contributed by atoms with E-state index in [4.69, 9.17) is 4.74 Å². The largest absolute Gasteiger partial charge is 0.497 e. The second kappa shape index (κ2) is 7.62. The molecule has 0 spiro atoms. The quantitative estimate of drug-likeness (QED) is 0.925. The van der Waals surface area contributed by atoms with E-state index >= 15 is 0 Å². The third-order valence-electron chi connectivity index (χ3n) is 3.08. The average molecular weight is 304 g/mol. The minimum atomic E-state index is -0.785. The Labute approximate surface area is 123 Å². The second-order valence-corrected chi connectivity index (χ2v) is 5.39. The summed E-state index contributed by atoms with van der Waals surface area (Å²) < 4.78 is 5.09. The Kier molecular flexibility index (Phi) is 6.48. The fourth-order valence-corrected chi connectivity index (χ4v) is 3.06. The van der Waals surface area contributed by atoms with Crippen molar-refractivity contribution in [1.29, 1.82) is 0 Å². The first-order valence-corrected chi connectivity index (χ1v) is 7.06. The van der Waals surface area contributed by atoms with Gasteiger partial charge < -0.3 is 9.84 Å². The van der Waals surface area contributed by atoms with Gasteiger partial charge in [0.25, 0.3) is 0 Å². The van der Waals surface area contributed by atoms with Crippen LogP contribution < -0.4 is 4.74 Å². The lowest BCUT2D eigenvalue weighted by Gasteiger charge is -2.31. The van der Waals surface area contributed by atoms with Crippen molar-refractivity contribution < 1.29 is 14.6 Å². The molecule has 1 fully saturated rings. The minimum absolute atomic E-state index is 0. The molecule has 0 radical (unpaired) electrons. The van der Waals surface area contributed by atoms with E-state index < -0.39 is 12.0 Å². The van der Waals surface area contributed by atoms with E-state index in [0.29, 0.717) is 0 Å². The van der Waals surface area contributed by atoms with Gasteiger partial charge in [0.05, 0.1) is 7.11 Å². The molecule has 0 aliphatic carbocycles. The van der Waals surface area contributed by atoms with Gasteiger partial charge in [0, 0.05) is 24.6 Å². The van der Waals surface area contributed by atoms with Gasteiger partial charge in [-0.3, -0.25) is 9.69 Å². The maximum Gasteiger partial charge on any atom is 0.325 e. The van der Waals surface area contributed by atoms with E-state index in [1.807, 2.05) is 40.9 Å². The number of aliphatic carboxylic acids is 1. The van der Waals surface area contributed by atoms with Gasteiger partial charge in [0.15, 0.2) is 0 Å². The lowest BCUT2D eigenvalue weighted by Crippen LogP contribution is -2.39. The fourth-order valence-electron chi connectivity index (χ4n) is 2.13. The van der Waals surface area contributed by atoms with Gasteiger partial charge in [-0.05, 0) is 17.7 Å². The molecule has 106 valence electrons. The summed E-state index contributed by atoms with van der Waals surface area (Å²) in [4.78, 5) is 13.5. The molecule has 1 aliphatic heterocycles. The van der Waals surface area contributed by atoms with Gasteiger partial charge in [-0.1, -0.05) is 12.1 Å². The van der Waals surface area contributed by atoms with Crippen LogP contribution in [-0.2, 0) is 4.79 Å². The summed E-state index contributed by atoms with van der Waals surface area (Å²) in [6.45, 7) is 1.65. The Hall–Kier alpha value is -0.910. The zero-order chi connectivity index (χ0) is 13.0. The van der Waals surface area contributed by atoms with Gasteiger partial charge >= 0.3 is 5.97 Å². The van der Waals surface area contributed by atoms with Crippen LogP contribution in [-0.4, -0.2) is 47.7 Å². The maximum atomic E-state index is 11.5. The molecule has 4 nitrogen and oxygen atoms in total. The number of carboxylic acid groups (broad SMARTS) is 1. The van der Waals surface area contributed by atoms with Gasteiger partial charge in [-0.2, -0.15) is 11.8 Å². The van der Waals surface area contributed by atoms with Gasteiger partial charge in [-0.15, -0.1) is 12.4 Å². The molecule has 0 aromatic heterocycles. The van der Waals surface area contributed by atoms with Crippen LogP contribution in [0.25, 0.3) is 0 Å². The Bertz CT molecular complexity index is 407. The number of carbonyl (C=O) groups is 1. The number of thioether (sulfide) groups is 1. The highest BCUT2D eigenvalue weighted by molar-refractivity contribution is 7.99. The van der Waals surface area contributed by atoms with Crippen LogP contribution in [0.1, 0.15) is 11.6 Å². The van der Waals surface area contributed by atoms with Gasteiger partial charge in [0.1, 0.15) is 11.8 Å². The standard InChI is InChI=1S/C13H17NO3S.ClH/c1-17-11-4-2-10(3-5-11)12(13(15)16)14-6-8-18-9-7-14;/h2-5,12H,6-9H2,1H3,(H,15,16);1H. The van der Waals surface area contributed by atoms with Crippen molar-refractivity contribution in [3.63, 3.8) is 0 Å². The summed E-state index contributed by atoms with van der Waals surface area (Å²) in [6.07, 6.45) is 0. The topological polar surface area (TPSA) is 49.8 Å². The van der Waals surface area contributed by atoms with Crippen LogP contribution in [0, 0.1) is 0 Å². The zero-order valence-electron chi connectivity index (χ0n) is 10.7. The molecule has 0 saturated carbocycles. The number of halogens is 1. The highest BCUT2D eigenvalue weighted by Crippen LogP contribution is 2.26. The van der Waals surface area contributed by atoms with Crippen molar-refractivity contribution in [1.82, 2.24) is 4.90 Å². The van der Waals surface area contributed by atoms with E-state index in [2.05, 4.69) is 0 Å². The number of benzene rings is 1. The predicted molar refractivity (Wildman–Crippen MR) is 79.5 cm³/mol. The van der Waals surface area contributed by atoms with Crippen LogP contribution in [0.5, 0.6) is 5.75 Å². The van der Waals surface area contributed by atoms with Crippen molar-refractivity contribution in [2.45, 2.75) is 6.04 Å². The molecule has 1 heterocycles. The number of rotatable bonds is 4. The van der Waals surface area contributed by atoms with E-state index in [1.54, 1.807) is 7.11 Å². The number of hydrogen-bond donors (Lipinski definition) is 1. The molecule has 0 amide bonds. The molecular weight excluding hydrogens is 286 g/mol. The summed E-state index contributed by atoms with van der Waals surface area (Å²) in [5.74, 6) is 1.96. The van der Waals surface area contributed by atoms with Crippen molar-refractivity contribution in [2.24, 2.45) is 0 Å². The Balaban J connectivity index is 0.00000180. The van der Waals surface area contributed by atoms with E-state index in [0.717, 1.165) is 35.9 Å². The molecule has 1 aromatic carbocycles. The Morgan fingerprint density at radius 3 is 2.37 bits per heavy atom. The third kappa shape index (κ3) is 4.03. The summed E-state index contributed by atoms with van der Waals surface area (Å²) in [7, 11) is 1.60. The normalized spacial score (nSPS) is 17.3. The molecule has 1 atom stereocenters. The fraction of sp³-hybridized carbons (Fsp3) is 0.462. The van der Waals surface area contributed by atoms with Crippen LogP contribution in [0.15, 0.2) is 24.3 Å². The number of methoxy groups -OCH3 is 1. The van der Waals surface area contributed by atoms with Crippen LogP contribution in [0.4, 0.5) is 0 Å². The van der Waals surface area contributed by atoms with Crippen molar-refractivity contribution in [3.8, 4) is 5.75 Å². The summed E-state index contributed by atoms with van der Waals surface area (Å²) in [6, 6.07) is 6.74. The second-order valence-electron chi connectivity index (χ2n) is 4.16. The smallest absolute Gasteiger partial charge is 0.325 e. The Morgan fingerprint density at radius 1 is 1.32 bits per heavy atom. The molecule has 6 heteroatoms. The summed E-state index contributed by atoms with van der Waals surface area (Å²) >= 11 is 1.87. The lowest BCUT2D eigenvalue weighted by atomic mass is 10.1. The van der Waals surface area contributed by atoms with E-state index in [-0.39, 0.29) is 12.4 Å². The van der Waals surface area contributed by atoms with Gasteiger partial charge in [0.2, 0.25) is 0 Å². The van der Waals surface area contributed by atoms with E-state index in [1.165, 1.54) is 0 Å². The molecular formula is C13H18ClNO3S. The Morgan fingerprint density at radius 2 is 1.89 bits per heavy atom. The highest BCUT2D eigenvalue weighted by Gasteiger charge is 2.28. The minimum Gasteiger partial charge on any atom is -0.497 e. The average Bonchev–Trinajstić information content (AvgIpc) is 2.40. The molecule has 1 N–H and O–H groups in total. The van der Waals surface area contributed by atoms with Crippen molar-refractivity contribution >= 4 is 30.1 Å². The molecule has 1 unspecified atom stereocenters. The van der Waals surface area contributed by atoms with Crippen LogP contribution in [0.3, 0.4) is 0 Å². The number of carboxylic acids is 1. The molecule has 2 rings (SSSR count). The highest BCUT2D eigenvalue weighted by atomic mass is 35.5. The van der Waals surface area contributed by atoms with Gasteiger partial charge in [-0.25, -0.2) is 0 Å². The zero-order valence-corrected chi connectivity index (χ0v) is 12.4. The number of nitrogens with zero attached hydrogens (tertiary/aromatic N) is 1. The molecule has 1 aromatic rings.